The van der Waals surface area contributed by atoms with E-state index >= 15 is 4.39 Å². The summed E-state index contributed by atoms with van der Waals surface area (Å²) in [4.78, 5) is 27.7. The Kier molecular flexibility index (Phi) is 8.09. The Labute approximate surface area is 228 Å². The molecule has 0 amide bonds. The lowest BCUT2D eigenvalue weighted by Crippen LogP contribution is -2.34. The van der Waals surface area contributed by atoms with E-state index in [1.165, 1.54) is 0 Å². The highest BCUT2D eigenvalue weighted by Crippen LogP contribution is 2.42. The van der Waals surface area contributed by atoms with Crippen molar-refractivity contribution >= 4 is 33.8 Å². The number of benzene rings is 2. The Morgan fingerprint density at radius 2 is 1.72 bits per heavy atom. The third-order valence-corrected chi connectivity index (χ3v) is 7.05. The molecule has 4 rings (SSSR count). The van der Waals surface area contributed by atoms with Gasteiger partial charge in [-0.15, -0.1) is 0 Å². The number of fused-ring (bicyclic) bond motifs is 1. The molecule has 0 radical (unpaired) electrons. The van der Waals surface area contributed by atoms with Crippen LogP contribution in [-0.4, -0.2) is 49.5 Å². The van der Waals surface area contributed by atoms with Crippen molar-refractivity contribution in [1.82, 2.24) is 4.57 Å². The standard InChI is InChI=1S/C30H38FN3O5/c1-7-38-24-15-19-16-34(29(32)25(19)26(31)28(24)39-8-2)17-23(36)18-13-21(30(3,4)5)27(37-6)22(14-18)33-11-9-20(35)10-12-33/h13-16H,7-12,17,32H2,1-6H3. The third-order valence-electron chi connectivity index (χ3n) is 7.05. The molecule has 2 N–H and O–H groups in total. The molecule has 8 nitrogen and oxygen atoms in total. The van der Waals surface area contributed by atoms with E-state index in [0.29, 0.717) is 55.0 Å². The highest BCUT2D eigenvalue weighted by atomic mass is 19.1. The van der Waals surface area contributed by atoms with Crippen LogP contribution in [0.4, 0.5) is 15.9 Å². The number of ether oxygens (including phenoxy) is 3. The van der Waals surface area contributed by atoms with Gasteiger partial charge in [-0.1, -0.05) is 20.8 Å². The average Bonchev–Trinajstić information content (AvgIpc) is 3.20. The lowest BCUT2D eigenvalue weighted by Gasteiger charge is -2.33. The van der Waals surface area contributed by atoms with Crippen LogP contribution in [-0.2, 0) is 16.8 Å². The molecule has 1 fully saturated rings. The van der Waals surface area contributed by atoms with Crippen molar-refractivity contribution in [3.05, 3.63) is 41.3 Å². The number of nitrogens with two attached hydrogens (primary N) is 1. The van der Waals surface area contributed by atoms with Crippen molar-refractivity contribution in [2.75, 3.05) is 44.0 Å². The fourth-order valence-corrected chi connectivity index (χ4v) is 5.07. The summed E-state index contributed by atoms with van der Waals surface area (Å²) in [6, 6.07) is 5.37. The molecule has 1 aliphatic heterocycles. The van der Waals surface area contributed by atoms with Crippen LogP contribution in [0.25, 0.3) is 10.8 Å². The molecule has 0 aliphatic carbocycles. The molecule has 0 unspecified atom stereocenters. The number of aromatic nitrogens is 1. The van der Waals surface area contributed by atoms with Crippen molar-refractivity contribution in [3.63, 3.8) is 0 Å². The normalized spacial score (nSPS) is 14.1. The summed E-state index contributed by atoms with van der Waals surface area (Å²) >= 11 is 0. The molecule has 2 heterocycles. The number of carbonyl (C=O) groups excluding carboxylic acids is 2. The summed E-state index contributed by atoms with van der Waals surface area (Å²) in [6.45, 7) is 11.4. The quantitative estimate of drug-likeness (QED) is 0.358. The number of hydrogen-bond acceptors (Lipinski definition) is 7. The van der Waals surface area contributed by atoms with Crippen molar-refractivity contribution in [1.29, 1.82) is 0 Å². The number of hydrogen-bond donors (Lipinski definition) is 1. The smallest absolute Gasteiger partial charge is 0.197 e. The number of rotatable bonds is 9. The number of nitrogens with zero attached hydrogens (tertiary/aromatic N) is 2. The Bertz CT molecular complexity index is 1400. The Hall–Kier alpha value is -3.75. The number of nitrogen functional groups attached to an aromatic ring is 1. The highest BCUT2D eigenvalue weighted by Gasteiger charge is 2.28. The Morgan fingerprint density at radius 1 is 1.05 bits per heavy atom. The molecule has 0 bridgehead atoms. The summed E-state index contributed by atoms with van der Waals surface area (Å²) in [7, 11) is 1.62. The largest absolute Gasteiger partial charge is 0.494 e. The van der Waals surface area contributed by atoms with Gasteiger partial charge in [-0.25, -0.2) is 4.39 Å². The van der Waals surface area contributed by atoms with Gasteiger partial charge in [-0.2, -0.15) is 0 Å². The van der Waals surface area contributed by atoms with Crippen molar-refractivity contribution in [2.45, 2.75) is 59.4 Å². The van der Waals surface area contributed by atoms with E-state index in [0.717, 1.165) is 11.3 Å². The Balaban J connectivity index is 1.76. The minimum Gasteiger partial charge on any atom is -0.494 e. The molecule has 2 aromatic carbocycles. The molecule has 1 aromatic heterocycles. The van der Waals surface area contributed by atoms with E-state index in [9.17, 15) is 9.59 Å². The van der Waals surface area contributed by atoms with Crippen LogP contribution < -0.4 is 24.8 Å². The molecule has 0 spiro atoms. The lowest BCUT2D eigenvalue weighted by atomic mass is 9.84. The molecule has 210 valence electrons. The van der Waals surface area contributed by atoms with E-state index in [-0.39, 0.29) is 47.1 Å². The first-order valence-corrected chi connectivity index (χ1v) is 13.4. The van der Waals surface area contributed by atoms with Crippen LogP contribution in [0.3, 0.4) is 0 Å². The van der Waals surface area contributed by atoms with Crippen LogP contribution in [0.15, 0.2) is 24.4 Å². The molecule has 39 heavy (non-hydrogen) atoms. The van der Waals surface area contributed by atoms with Gasteiger partial charge in [-0.3, -0.25) is 9.59 Å². The number of anilines is 2. The molecule has 1 saturated heterocycles. The maximum absolute atomic E-state index is 15.5. The molecule has 0 saturated carbocycles. The van der Waals surface area contributed by atoms with Gasteiger partial charge in [0.2, 0.25) is 0 Å². The van der Waals surface area contributed by atoms with Gasteiger partial charge in [0, 0.05) is 48.6 Å². The minimum atomic E-state index is -0.608. The first-order valence-electron chi connectivity index (χ1n) is 13.4. The fourth-order valence-electron chi connectivity index (χ4n) is 5.07. The van der Waals surface area contributed by atoms with Gasteiger partial charge in [0.15, 0.2) is 23.1 Å². The van der Waals surface area contributed by atoms with Gasteiger partial charge in [-0.05, 0) is 37.5 Å². The number of Topliss-reactive ketones (excluding diaryl/α,β-unsaturated/α-hetero) is 2. The van der Waals surface area contributed by atoms with E-state index < -0.39 is 5.82 Å². The van der Waals surface area contributed by atoms with Crippen LogP contribution in [0.5, 0.6) is 17.2 Å². The third kappa shape index (κ3) is 5.53. The van der Waals surface area contributed by atoms with Gasteiger partial charge < -0.3 is 29.4 Å². The van der Waals surface area contributed by atoms with E-state index in [1.54, 1.807) is 30.9 Å². The maximum Gasteiger partial charge on any atom is 0.197 e. The van der Waals surface area contributed by atoms with Crippen LogP contribution in [0.2, 0.25) is 0 Å². The second-order valence-electron chi connectivity index (χ2n) is 10.8. The molecule has 0 atom stereocenters. The molecule has 3 aromatic rings. The van der Waals surface area contributed by atoms with Gasteiger partial charge in [0.05, 0.1) is 37.9 Å². The molecule has 9 heteroatoms. The average molecular weight is 540 g/mol. The molecular weight excluding hydrogens is 501 g/mol. The summed E-state index contributed by atoms with van der Waals surface area (Å²) in [5, 5.41) is 0.715. The van der Waals surface area contributed by atoms with Gasteiger partial charge >= 0.3 is 0 Å². The summed E-state index contributed by atoms with van der Waals surface area (Å²) in [6.07, 6.45) is 2.57. The monoisotopic (exact) mass is 539 g/mol. The van der Waals surface area contributed by atoms with Gasteiger partial charge in [0.25, 0.3) is 0 Å². The lowest BCUT2D eigenvalue weighted by molar-refractivity contribution is -0.119. The Morgan fingerprint density at radius 3 is 2.31 bits per heavy atom. The number of halogens is 1. The zero-order valence-corrected chi connectivity index (χ0v) is 23.7. The summed E-state index contributed by atoms with van der Waals surface area (Å²) in [5.41, 5.74) is 8.24. The topological polar surface area (TPSA) is 96.0 Å². The number of methoxy groups -OCH3 is 1. The number of ketones is 2. The van der Waals surface area contributed by atoms with Gasteiger partial charge in [0.1, 0.15) is 17.4 Å². The zero-order valence-electron chi connectivity index (χ0n) is 23.7. The number of piperidine rings is 1. The predicted octanol–water partition coefficient (Wildman–Crippen LogP) is 5.52. The predicted molar refractivity (Wildman–Crippen MR) is 151 cm³/mol. The number of carbonyl (C=O) groups is 2. The van der Waals surface area contributed by atoms with Crippen LogP contribution >= 0.6 is 0 Å². The van der Waals surface area contributed by atoms with Crippen LogP contribution in [0, 0.1) is 5.82 Å². The van der Waals surface area contributed by atoms with E-state index in [4.69, 9.17) is 19.9 Å². The second kappa shape index (κ2) is 11.2. The summed E-state index contributed by atoms with van der Waals surface area (Å²) in [5.74, 6) is 0.589. The van der Waals surface area contributed by atoms with Crippen molar-refractivity contribution in [2.24, 2.45) is 0 Å². The van der Waals surface area contributed by atoms with Crippen molar-refractivity contribution in [3.8, 4) is 17.2 Å². The molecule has 1 aliphatic rings. The first kappa shape index (κ1) is 28.3. The zero-order chi connectivity index (χ0) is 28.5. The summed E-state index contributed by atoms with van der Waals surface area (Å²) < 4.78 is 34.0. The van der Waals surface area contributed by atoms with E-state index in [2.05, 4.69) is 25.7 Å². The van der Waals surface area contributed by atoms with Crippen molar-refractivity contribution < 1.29 is 28.2 Å². The SMILES string of the molecule is CCOc1cc2cn(CC(=O)c3cc(N4CCC(=O)CC4)c(OC)c(C(C)(C)C)c3)c(N)c2c(F)c1OCC. The second-order valence-corrected chi connectivity index (χ2v) is 10.8. The first-order chi connectivity index (χ1) is 18.5. The highest BCUT2D eigenvalue weighted by molar-refractivity contribution is 6.00. The minimum absolute atomic E-state index is 0.0113. The van der Waals surface area contributed by atoms with Crippen LogP contribution in [0.1, 0.15) is 63.4 Å². The van der Waals surface area contributed by atoms with E-state index in [1.807, 2.05) is 19.1 Å². The molecular formula is C30H38FN3O5. The fraction of sp³-hybridized carbons (Fsp3) is 0.467. The maximum atomic E-state index is 15.5.